The molecular weight excluding hydrogens is 393 g/mol. The number of pyridine rings is 1. The highest BCUT2D eigenvalue weighted by atomic mass is 32.2. The molecule has 2 saturated heterocycles. The van der Waals surface area contributed by atoms with Gasteiger partial charge >= 0.3 is 6.03 Å². The molecule has 4 atom stereocenters. The van der Waals surface area contributed by atoms with Gasteiger partial charge in [0.1, 0.15) is 5.82 Å². The van der Waals surface area contributed by atoms with Gasteiger partial charge in [0, 0.05) is 31.6 Å². The molecule has 0 radical (unpaired) electrons. The van der Waals surface area contributed by atoms with Crippen LogP contribution in [0.5, 0.6) is 0 Å². The predicted octanol–water partition coefficient (Wildman–Crippen LogP) is 2.14. The first-order valence-corrected chi connectivity index (χ1v) is 10.3. The predicted molar refractivity (Wildman–Crippen MR) is 108 cm³/mol. The fourth-order valence-corrected chi connectivity index (χ4v) is 4.97. The van der Waals surface area contributed by atoms with Gasteiger partial charge < -0.3 is 4.90 Å². The normalized spacial score (nSPS) is 27.1. The van der Waals surface area contributed by atoms with E-state index < -0.39 is 18.2 Å². The molecule has 2 aromatic rings. The molecular formula is C20H22FN5O2S. The van der Waals surface area contributed by atoms with Crippen molar-refractivity contribution in [3.63, 3.8) is 0 Å². The summed E-state index contributed by atoms with van der Waals surface area (Å²) in [5.41, 5.74) is 1.33. The lowest BCUT2D eigenvalue weighted by Crippen LogP contribution is -2.72. The van der Waals surface area contributed by atoms with Crippen LogP contribution in [0.3, 0.4) is 0 Å². The molecule has 7 nitrogen and oxygen atoms in total. The number of carbonyl (C=O) groups is 2. The zero-order chi connectivity index (χ0) is 20.5. The van der Waals surface area contributed by atoms with E-state index in [-0.39, 0.29) is 23.1 Å². The summed E-state index contributed by atoms with van der Waals surface area (Å²) in [4.78, 5) is 32.4. The van der Waals surface area contributed by atoms with Crippen molar-refractivity contribution in [2.45, 2.75) is 23.5 Å². The molecule has 0 saturated carbocycles. The molecule has 3 heterocycles. The Balaban J connectivity index is 1.64. The summed E-state index contributed by atoms with van der Waals surface area (Å²) in [5.74, 6) is -0.541. The molecule has 152 valence electrons. The fourth-order valence-electron chi connectivity index (χ4n) is 3.75. The van der Waals surface area contributed by atoms with Crippen molar-refractivity contribution < 1.29 is 14.0 Å². The number of hydrogen-bond acceptors (Lipinski definition) is 6. The van der Waals surface area contributed by atoms with Gasteiger partial charge in [-0.25, -0.2) is 9.18 Å². The Morgan fingerprint density at radius 3 is 2.59 bits per heavy atom. The number of nitrogens with one attached hydrogen (secondary N) is 2. The summed E-state index contributed by atoms with van der Waals surface area (Å²) in [6.45, 7) is 0. The molecule has 3 amide bonds. The first-order valence-electron chi connectivity index (χ1n) is 9.30. The molecule has 2 aliphatic rings. The molecule has 4 unspecified atom stereocenters. The van der Waals surface area contributed by atoms with Gasteiger partial charge in [-0.3, -0.25) is 25.3 Å². The van der Waals surface area contributed by atoms with E-state index in [9.17, 15) is 14.0 Å². The number of urea groups is 1. The van der Waals surface area contributed by atoms with E-state index in [2.05, 4.69) is 15.6 Å². The third-order valence-electron chi connectivity index (χ3n) is 5.31. The minimum Gasteiger partial charge on any atom is -0.311 e. The van der Waals surface area contributed by atoms with E-state index in [0.29, 0.717) is 11.3 Å². The van der Waals surface area contributed by atoms with Crippen LogP contribution in [-0.4, -0.2) is 52.4 Å². The smallest absolute Gasteiger partial charge is 0.311 e. The van der Waals surface area contributed by atoms with Crippen LogP contribution in [0.1, 0.15) is 17.4 Å². The van der Waals surface area contributed by atoms with Gasteiger partial charge in [0.05, 0.1) is 29.3 Å². The molecule has 4 rings (SSSR count). The molecule has 0 aliphatic carbocycles. The Labute approximate surface area is 172 Å². The second-order valence-electron chi connectivity index (χ2n) is 7.10. The van der Waals surface area contributed by atoms with E-state index in [1.807, 2.05) is 18.2 Å². The Bertz CT molecular complexity index is 915. The van der Waals surface area contributed by atoms with Crippen molar-refractivity contribution in [3.8, 4) is 0 Å². The van der Waals surface area contributed by atoms with E-state index in [0.717, 1.165) is 10.6 Å². The highest BCUT2D eigenvalue weighted by molar-refractivity contribution is 7.99. The number of amides is 3. The molecule has 1 aromatic carbocycles. The van der Waals surface area contributed by atoms with Gasteiger partial charge in [-0.05, 0) is 18.2 Å². The summed E-state index contributed by atoms with van der Waals surface area (Å²) < 4.78 is 14.4. The van der Waals surface area contributed by atoms with Crippen LogP contribution in [0, 0.1) is 11.7 Å². The molecule has 9 heteroatoms. The van der Waals surface area contributed by atoms with Crippen molar-refractivity contribution in [2.24, 2.45) is 5.92 Å². The minimum absolute atomic E-state index is 0.261. The summed E-state index contributed by atoms with van der Waals surface area (Å²) >= 11 is 1.53. The van der Waals surface area contributed by atoms with Gasteiger partial charge in [-0.2, -0.15) is 0 Å². The summed E-state index contributed by atoms with van der Waals surface area (Å²) in [5, 5.41) is 6.28. The number of nitrogens with zero attached hydrogens (tertiary/aromatic N) is 3. The Hall–Kier alpha value is -2.49. The molecule has 0 spiro atoms. The van der Waals surface area contributed by atoms with E-state index in [1.165, 1.54) is 29.8 Å². The standard InChI is InChI=1S/C20H22FN5O2S/c1-25-17-15(19(27)26(2)20(25)28)18(29-11-12-7-5-6-10-22-12)24-16(23-17)13-8-3-4-9-14(13)21/h3-10,15-18,23-24H,11H2,1-2H3. The molecule has 2 aliphatic heterocycles. The van der Waals surface area contributed by atoms with Gasteiger partial charge in [0.2, 0.25) is 5.91 Å². The maximum atomic E-state index is 14.4. The summed E-state index contributed by atoms with van der Waals surface area (Å²) in [7, 11) is 3.14. The third kappa shape index (κ3) is 3.73. The van der Waals surface area contributed by atoms with Gasteiger partial charge in [0.25, 0.3) is 0 Å². The molecule has 0 bridgehead atoms. The van der Waals surface area contributed by atoms with Crippen molar-refractivity contribution >= 4 is 23.7 Å². The molecule has 1 aromatic heterocycles. The second kappa shape index (κ2) is 8.10. The Kier molecular flexibility index (Phi) is 5.53. The van der Waals surface area contributed by atoms with Crippen LogP contribution >= 0.6 is 11.8 Å². The lowest BCUT2D eigenvalue weighted by Gasteiger charge is -2.50. The minimum atomic E-state index is -0.543. The lowest BCUT2D eigenvalue weighted by atomic mass is 9.96. The Morgan fingerprint density at radius 2 is 1.86 bits per heavy atom. The average molecular weight is 415 g/mol. The van der Waals surface area contributed by atoms with Crippen LogP contribution in [0.15, 0.2) is 48.7 Å². The van der Waals surface area contributed by atoms with Crippen LogP contribution in [0.25, 0.3) is 0 Å². The first-order chi connectivity index (χ1) is 14.0. The van der Waals surface area contributed by atoms with E-state index in [4.69, 9.17) is 0 Å². The number of imide groups is 1. The number of benzene rings is 1. The topological polar surface area (TPSA) is 77.6 Å². The van der Waals surface area contributed by atoms with Crippen molar-refractivity contribution in [1.82, 2.24) is 25.4 Å². The lowest BCUT2D eigenvalue weighted by molar-refractivity contribution is -0.140. The van der Waals surface area contributed by atoms with Gasteiger partial charge in [-0.15, -0.1) is 11.8 Å². The van der Waals surface area contributed by atoms with Crippen LogP contribution in [-0.2, 0) is 10.5 Å². The molecule has 2 N–H and O–H groups in total. The van der Waals surface area contributed by atoms with Crippen LogP contribution in [0.2, 0.25) is 0 Å². The quantitative estimate of drug-likeness (QED) is 0.797. The summed E-state index contributed by atoms with van der Waals surface area (Å²) in [6, 6.07) is 11.8. The SMILES string of the molecule is CN1C(=O)C2C(SCc3ccccn3)NC(c3ccccc3F)NC2N(C)C1=O. The first kappa shape index (κ1) is 19.8. The third-order valence-corrected chi connectivity index (χ3v) is 6.56. The average Bonchev–Trinajstić information content (AvgIpc) is 2.75. The second-order valence-corrected chi connectivity index (χ2v) is 8.23. The van der Waals surface area contributed by atoms with E-state index in [1.54, 1.807) is 31.4 Å². The Morgan fingerprint density at radius 1 is 1.10 bits per heavy atom. The van der Waals surface area contributed by atoms with Crippen LogP contribution in [0.4, 0.5) is 9.18 Å². The number of thioether (sulfide) groups is 1. The number of rotatable bonds is 4. The molecule has 2 fully saturated rings. The fraction of sp³-hybridized carbons (Fsp3) is 0.350. The monoisotopic (exact) mass is 415 g/mol. The van der Waals surface area contributed by atoms with Gasteiger partial charge in [0.15, 0.2) is 0 Å². The van der Waals surface area contributed by atoms with Crippen molar-refractivity contribution in [2.75, 3.05) is 14.1 Å². The number of fused-ring (bicyclic) bond motifs is 1. The van der Waals surface area contributed by atoms with Gasteiger partial charge in [-0.1, -0.05) is 24.3 Å². The van der Waals surface area contributed by atoms with Crippen LogP contribution < -0.4 is 10.6 Å². The maximum Gasteiger partial charge on any atom is 0.327 e. The van der Waals surface area contributed by atoms with Crippen molar-refractivity contribution in [1.29, 1.82) is 0 Å². The number of halogens is 1. The van der Waals surface area contributed by atoms with E-state index >= 15 is 0 Å². The maximum absolute atomic E-state index is 14.4. The largest absolute Gasteiger partial charge is 0.327 e. The number of aromatic nitrogens is 1. The van der Waals surface area contributed by atoms with Crippen molar-refractivity contribution in [3.05, 3.63) is 65.7 Å². The molecule has 29 heavy (non-hydrogen) atoms. The highest BCUT2D eigenvalue weighted by Gasteiger charge is 2.51. The zero-order valence-electron chi connectivity index (χ0n) is 16.1. The zero-order valence-corrected chi connectivity index (χ0v) is 16.9. The number of carbonyl (C=O) groups excluding carboxylic acids is 2. The number of hydrogen-bond donors (Lipinski definition) is 2. The summed E-state index contributed by atoms with van der Waals surface area (Å²) in [6.07, 6.45) is 0.645. The highest BCUT2D eigenvalue weighted by Crippen LogP contribution is 2.35.